The van der Waals surface area contributed by atoms with Crippen LogP contribution in [0.25, 0.3) is 0 Å². The number of rotatable bonds is 1. The fraction of sp³-hybridized carbons (Fsp3) is 0.562. The summed E-state index contributed by atoms with van der Waals surface area (Å²) < 4.78 is 18.6. The van der Waals surface area contributed by atoms with Crippen molar-refractivity contribution in [1.82, 2.24) is 4.90 Å². The quantitative estimate of drug-likeness (QED) is 0.797. The van der Waals surface area contributed by atoms with Crippen LogP contribution in [0.4, 0.5) is 14.9 Å². The zero-order chi connectivity index (χ0) is 14.9. The zero-order valence-electron chi connectivity index (χ0n) is 12.3. The van der Waals surface area contributed by atoms with Gasteiger partial charge in [0, 0.05) is 37.8 Å². The number of urea groups is 1. The second-order valence-corrected chi connectivity index (χ2v) is 6.15. The third kappa shape index (κ3) is 2.88. The molecule has 2 aliphatic rings. The Hall–Kier alpha value is -1.62. The minimum Gasteiger partial charge on any atom is -0.381 e. The molecule has 2 fully saturated rings. The van der Waals surface area contributed by atoms with E-state index in [0.29, 0.717) is 5.69 Å². The molecule has 2 amide bonds. The minimum absolute atomic E-state index is 0.0240. The van der Waals surface area contributed by atoms with E-state index in [9.17, 15) is 9.18 Å². The lowest BCUT2D eigenvalue weighted by Crippen LogP contribution is -2.42. The maximum atomic E-state index is 13.0. The SMILES string of the molecule is CN(C(=O)N1CCC2(CCCOC2)C1)c1ccc(F)cc1. The maximum Gasteiger partial charge on any atom is 0.324 e. The van der Waals surface area contributed by atoms with Crippen LogP contribution in [0, 0.1) is 11.2 Å². The molecule has 0 aromatic heterocycles. The highest BCUT2D eigenvalue weighted by molar-refractivity contribution is 5.91. The van der Waals surface area contributed by atoms with E-state index in [1.54, 1.807) is 24.1 Å². The highest BCUT2D eigenvalue weighted by atomic mass is 19.1. The van der Waals surface area contributed by atoms with E-state index >= 15 is 0 Å². The van der Waals surface area contributed by atoms with Gasteiger partial charge in [-0.1, -0.05) is 0 Å². The van der Waals surface area contributed by atoms with Crippen LogP contribution in [0.1, 0.15) is 19.3 Å². The lowest BCUT2D eigenvalue weighted by molar-refractivity contribution is -0.000304. The number of benzene rings is 1. The average molecular weight is 292 g/mol. The molecule has 2 heterocycles. The van der Waals surface area contributed by atoms with Crippen LogP contribution in [0.3, 0.4) is 0 Å². The summed E-state index contributed by atoms with van der Waals surface area (Å²) in [6.45, 7) is 3.13. The van der Waals surface area contributed by atoms with Crippen LogP contribution in [0.5, 0.6) is 0 Å². The summed E-state index contributed by atoms with van der Waals surface area (Å²) in [5, 5.41) is 0. The molecule has 2 saturated heterocycles. The molecule has 1 atom stereocenters. The van der Waals surface area contributed by atoms with Gasteiger partial charge < -0.3 is 9.64 Å². The van der Waals surface area contributed by atoms with Gasteiger partial charge in [-0.15, -0.1) is 0 Å². The van der Waals surface area contributed by atoms with Crippen molar-refractivity contribution >= 4 is 11.7 Å². The lowest BCUT2D eigenvalue weighted by Gasteiger charge is -2.33. The molecule has 0 N–H and O–H groups in total. The van der Waals surface area contributed by atoms with Crippen molar-refractivity contribution in [1.29, 1.82) is 0 Å². The van der Waals surface area contributed by atoms with E-state index in [0.717, 1.165) is 45.6 Å². The van der Waals surface area contributed by atoms with Gasteiger partial charge in [-0.25, -0.2) is 9.18 Å². The predicted molar refractivity (Wildman–Crippen MR) is 78.9 cm³/mol. The highest BCUT2D eigenvalue weighted by Crippen LogP contribution is 2.38. The van der Waals surface area contributed by atoms with Gasteiger partial charge in [0.2, 0.25) is 0 Å². The molecule has 2 aliphatic heterocycles. The molecule has 1 unspecified atom stereocenters. The van der Waals surface area contributed by atoms with Crippen molar-refractivity contribution in [2.45, 2.75) is 19.3 Å². The lowest BCUT2D eigenvalue weighted by atomic mass is 9.82. The number of hydrogen-bond donors (Lipinski definition) is 0. The third-order valence-corrected chi connectivity index (χ3v) is 4.61. The Morgan fingerprint density at radius 3 is 2.76 bits per heavy atom. The summed E-state index contributed by atoms with van der Waals surface area (Å²) in [6, 6.07) is 5.98. The van der Waals surface area contributed by atoms with Gasteiger partial charge in [0.05, 0.1) is 6.61 Å². The van der Waals surface area contributed by atoms with Crippen molar-refractivity contribution in [3.05, 3.63) is 30.1 Å². The molecule has 0 saturated carbocycles. The maximum absolute atomic E-state index is 13.0. The van der Waals surface area contributed by atoms with Gasteiger partial charge in [0.25, 0.3) is 0 Å². The Kier molecular flexibility index (Phi) is 3.85. The van der Waals surface area contributed by atoms with E-state index in [2.05, 4.69) is 0 Å². The van der Waals surface area contributed by atoms with Gasteiger partial charge >= 0.3 is 6.03 Å². The number of amides is 2. The van der Waals surface area contributed by atoms with Crippen molar-refractivity contribution in [3.8, 4) is 0 Å². The van der Waals surface area contributed by atoms with Crippen LogP contribution in [-0.2, 0) is 4.74 Å². The molecule has 5 heteroatoms. The molecule has 3 rings (SSSR count). The van der Waals surface area contributed by atoms with E-state index in [4.69, 9.17) is 4.74 Å². The summed E-state index contributed by atoms with van der Waals surface area (Å²) in [5.74, 6) is -0.293. The van der Waals surface area contributed by atoms with Crippen molar-refractivity contribution in [2.24, 2.45) is 5.41 Å². The number of nitrogens with zero attached hydrogens (tertiary/aromatic N) is 2. The van der Waals surface area contributed by atoms with E-state index < -0.39 is 0 Å². The van der Waals surface area contributed by atoms with Gasteiger partial charge in [-0.05, 0) is 43.5 Å². The van der Waals surface area contributed by atoms with Crippen LogP contribution in [0.2, 0.25) is 0 Å². The molecule has 0 radical (unpaired) electrons. The number of anilines is 1. The van der Waals surface area contributed by atoms with Crippen molar-refractivity contribution < 1.29 is 13.9 Å². The van der Waals surface area contributed by atoms with Crippen molar-refractivity contribution in [2.75, 3.05) is 38.3 Å². The molecule has 1 aromatic carbocycles. The molecule has 1 spiro atoms. The van der Waals surface area contributed by atoms with Crippen LogP contribution >= 0.6 is 0 Å². The first kappa shape index (κ1) is 14.3. The normalized spacial score (nSPS) is 25.3. The van der Waals surface area contributed by atoms with Gasteiger partial charge in [-0.3, -0.25) is 4.90 Å². The molecule has 114 valence electrons. The summed E-state index contributed by atoms with van der Waals surface area (Å²) in [7, 11) is 1.73. The molecule has 0 aliphatic carbocycles. The Balaban J connectivity index is 1.67. The Labute approximate surface area is 124 Å². The van der Waals surface area contributed by atoms with Crippen molar-refractivity contribution in [3.63, 3.8) is 0 Å². The van der Waals surface area contributed by atoms with E-state index in [1.807, 2.05) is 4.90 Å². The first-order valence-electron chi connectivity index (χ1n) is 7.46. The molecule has 4 nitrogen and oxygen atoms in total. The Bertz CT molecular complexity index is 512. The number of hydrogen-bond acceptors (Lipinski definition) is 2. The van der Waals surface area contributed by atoms with E-state index in [-0.39, 0.29) is 17.3 Å². The second kappa shape index (κ2) is 5.64. The zero-order valence-corrected chi connectivity index (χ0v) is 12.3. The monoisotopic (exact) mass is 292 g/mol. The topological polar surface area (TPSA) is 32.8 Å². The standard InChI is InChI=1S/C16H21FN2O2/c1-18(14-5-3-13(17)4-6-14)15(20)19-9-8-16(11-19)7-2-10-21-12-16/h3-6H,2,7-12H2,1H3. The van der Waals surface area contributed by atoms with Crippen LogP contribution < -0.4 is 4.90 Å². The second-order valence-electron chi connectivity index (χ2n) is 6.15. The summed E-state index contributed by atoms with van der Waals surface area (Å²) >= 11 is 0. The Morgan fingerprint density at radius 1 is 1.33 bits per heavy atom. The summed E-state index contributed by atoms with van der Waals surface area (Å²) in [4.78, 5) is 16.0. The minimum atomic E-state index is -0.293. The third-order valence-electron chi connectivity index (χ3n) is 4.61. The summed E-state index contributed by atoms with van der Waals surface area (Å²) in [6.07, 6.45) is 3.23. The molecular formula is C16H21FN2O2. The Morgan fingerprint density at radius 2 is 2.10 bits per heavy atom. The molecule has 0 bridgehead atoms. The number of carbonyl (C=O) groups excluding carboxylic acids is 1. The smallest absolute Gasteiger partial charge is 0.324 e. The predicted octanol–water partition coefficient (Wildman–Crippen LogP) is 2.88. The first-order valence-corrected chi connectivity index (χ1v) is 7.46. The molecule has 1 aromatic rings. The molecule has 21 heavy (non-hydrogen) atoms. The fourth-order valence-corrected chi connectivity index (χ4v) is 3.32. The average Bonchev–Trinajstić information content (AvgIpc) is 2.91. The number of halogens is 1. The highest BCUT2D eigenvalue weighted by Gasteiger charge is 2.42. The van der Waals surface area contributed by atoms with Gasteiger partial charge in [0.15, 0.2) is 0 Å². The van der Waals surface area contributed by atoms with Gasteiger partial charge in [0.1, 0.15) is 5.82 Å². The molecular weight excluding hydrogens is 271 g/mol. The largest absolute Gasteiger partial charge is 0.381 e. The fourth-order valence-electron chi connectivity index (χ4n) is 3.32. The number of carbonyl (C=O) groups is 1. The summed E-state index contributed by atoms with van der Waals surface area (Å²) in [5.41, 5.74) is 0.861. The van der Waals surface area contributed by atoms with Crippen LogP contribution in [0.15, 0.2) is 24.3 Å². The number of ether oxygens (including phenoxy) is 1. The van der Waals surface area contributed by atoms with E-state index in [1.165, 1.54) is 12.1 Å². The van der Waals surface area contributed by atoms with Gasteiger partial charge in [-0.2, -0.15) is 0 Å². The number of likely N-dealkylation sites (tertiary alicyclic amines) is 1. The van der Waals surface area contributed by atoms with Crippen LogP contribution in [-0.4, -0.2) is 44.3 Å². The first-order chi connectivity index (χ1) is 10.1.